The second kappa shape index (κ2) is 7.22. The molecule has 4 nitrogen and oxygen atoms in total. The van der Waals surface area contributed by atoms with Crippen molar-refractivity contribution < 1.29 is 19.4 Å². The van der Waals surface area contributed by atoms with Crippen LogP contribution in [0.15, 0.2) is 48.6 Å². The summed E-state index contributed by atoms with van der Waals surface area (Å²) in [6, 6.07) is 11.2. The Morgan fingerprint density at radius 1 is 1.00 bits per heavy atom. The molecule has 112 valence electrons. The van der Waals surface area contributed by atoms with Crippen molar-refractivity contribution in [3.8, 4) is 0 Å². The van der Waals surface area contributed by atoms with Gasteiger partial charge in [-0.15, -0.1) is 0 Å². The highest BCUT2D eigenvalue weighted by Gasteiger charge is 2.03. The maximum Gasteiger partial charge on any atom is 0.330 e. The van der Waals surface area contributed by atoms with E-state index in [0.717, 1.165) is 28.0 Å². The number of carboxylic acids is 1. The summed E-state index contributed by atoms with van der Waals surface area (Å²) in [5.41, 5.74) is 1.63. The average molecular weight is 295 g/mol. The van der Waals surface area contributed by atoms with Crippen LogP contribution in [-0.4, -0.2) is 18.5 Å². The summed E-state index contributed by atoms with van der Waals surface area (Å²) in [6.07, 6.45) is 5.56. The van der Waals surface area contributed by atoms with Crippen molar-refractivity contribution in [1.82, 2.24) is 0 Å². The Kier molecular flexibility index (Phi) is 5.09. The SMILES string of the molecule is CCOC(=O)C=Cc1ccc(C=CC(=O)[O-])c2ccccc12. The fourth-order valence-electron chi connectivity index (χ4n) is 2.14. The molecule has 2 aromatic rings. The van der Waals surface area contributed by atoms with Gasteiger partial charge in [0.2, 0.25) is 0 Å². The van der Waals surface area contributed by atoms with Gasteiger partial charge in [0.1, 0.15) is 0 Å². The minimum absolute atomic E-state index is 0.330. The largest absolute Gasteiger partial charge is 0.545 e. The number of aliphatic carboxylic acids is 1. The minimum Gasteiger partial charge on any atom is -0.545 e. The van der Waals surface area contributed by atoms with Gasteiger partial charge >= 0.3 is 5.97 Å². The van der Waals surface area contributed by atoms with Crippen LogP contribution in [0.1, 0.15) is 18.1 Å². The molecule has 0 amide bonds. The number of carbonyl (C=O) groups is 2. The highest BCUT2D eigenvalue weighted by atomic mass is 16.5. The molecule has 2 aromatic carbocycles. The molecule has 0 spiro atoms. The lowest BCUT2D eigenvalue weighted by molar-refractivity contribution is -0.297. The van der Waals surface area contributed by atoms with E-state index in [2.05, 4.69) is 0 Å². The average Bonchev–Trinajstić information content (AvgIpc) is 2.51. The van der Waals surface area contributed by atoms with Gasteiger partial charge in [0.05, 0.1) is 12.6 Å². The Hall–Kier alpha value is -2.88. The summed E-state index contributed by atoms with van der Waals surface area (Å²) >= 11 is 0. The fourth-order valence-corrected chi connectivity index (χ4v) is 2.14. The number of carboxylic acid groups (broad SMARTS) is 1. The number of ether oxygens (including phenoxy) is 1. The number of esters is 1. The molecular weight excluding hydrogens is 280 g/mol. The van der Waals surface area contributed by atoms with Crippen molar-refractivity contribution in [3.63, 3.8) is 0 Å². The molecule has 0 saturated heterocycles. The van der Waals surface area contributed by atoms with Gasteiger partial charge in [-0.25, -0.2) is 4.79 Å². The van der Waals surface area contributed by atoms with Crippen molar-refractivity contribution in [1.29, 1.82) is 0 Å². The van der Waals surface area contributed by atoms with Crippen LogP contribution in [0.25, 0.3) is 22.9 Å². The van der Waals surface area contributed by atoms with Crippen LogP contribution in [0.2, 0.25) is 0 Å². The Bertz CT molecular complexity index is 757. The van der Waals surface area contributed by atoms with Crippen molar-refractivity contribution in [2.24, 2.45) is 0 Å². The van der Waals surface area contributed by atoms with Gasteiger partial charge in [0.15, 0.2) is 0 Å². The molecular formula is C18H15O4-. The number of rotatable bonds is 5. The Morgan fingerprint density at radius 3 is 2.05 bits per heavy atom. The molecule has 0 fully saturated rings. The second-order valence-corrected chi connectivity index (χ2v) is 4.53. The van der Waals surface area contributed by atoms with Gasteiger partial charge < -0.3 is 14.6 Å². The quantitative estimate of drug-likeness (QED) is 0.626. The molecule has 4 heteroatoms. The highest BCUT2D eigenvalue weighted by Crippen LogP contribution is 2.24. The molecule has 0 saturated carbocycles. The number of fused-ring (bicyclic) bond motifs is 1. The van der Waals surface area contributed by atoms with Crippen LogP contribution in [0.4, 0.5) is 0 Å². The molecule has 22 heavy (non-hydrogen) atoms. The summed E-state index contributed by atoms with van der Waals surface area (Å²) < 4.78 is 4.86. The van der Waals surface area contributed by atoms with E-state index in [1.165, 1.54) is 12.2 Å². The van der Waals surface area contributed by atoms with Crippen LogP contribution in [0.5, 0.6) is 0 Å². The molecule has 0 aromatic heterocycles. The van der Waals surface area contributed by atoms with E-state index in [-0.39, 0.29) is 0 Å². The highest BCUT2D eigenvalue weighted by molar-refractivity contribution is 5.99. The molecule has 0 unspecified atom stereocenters. The molecule has 0 heterocycles. The van der Waals surface area contributed by atoms with E-state index in [1.807, 2.05) is 30.3 Å². The molecule has 0 aliphatic rings. The Morgan fingerprint density at radius 2 is 1.55 bits per heavy atom. The van der Waals surface area contributed by atoms with Gasteiger partial charge in [-0.2, -0.15) is 0 Å². The topological polar surface area (TPSA) is 66.4 Å². The maximum atomic E-state index is 11.4. The first-order valence-electron chi connectivity index (χ1n) is 6.87. The number of carbonyl (C=O) groups excluding carboxylic acids is 2. The predicted octanol–water partition coefficient (Wildman–Crippen LogP) is 2.18. The first-order chi connectivity index (χ1) is 10.6. The van der Waals surface area contributed by atoms with Crippen LogP contribution < -0.4 is 5.11 Å². The number of benzene rings is 2. The normalized spacial score (nSPS) is 11.3. The Labute approximate surface area is 128 Å². The summed E-state index contributed by atoms with van der Waals surface area (Å²) in [5.74, 6) is -1.64. The van der Waals surface area contributed by atoms with Gasteiger partial charge in [0.25, 0.3) is 0 Å². The molecule has 0 bridgehead atoms. The summed E-state index contributed by atoms with van der Waals surface area (Å²) in [5, 5.41) is 12.4. The third kappa shape index (κ3) is 3.82. The molecule has 0 aliphatic carbocycles. The molecule has 0 N–H and O–H groups in total. The number of hydrogen-bond acceptors (Lipinski definition) is 4. The van der Waals surface area contributed by atoms with E-state index in [4.69, 9.17) is 4.74 Å². The van der Waals surface area contributed by atoms with Crippen molar-refractivity contribution in [2.45, 2.75) is 6.92 Å². The van der Waals surface area contributed by atoms with Gasteiger partial charge in [-0.05, 0) is 41.0 Å². The molecule has 0 aliphatic heterocycles. The zero-order valence-electron chi connectivity index (χ0n) is 12.1. The third-order valence-corrected chi connectivity index (χ3v) is 3.08. The van der Waals surface area contributed by atoms with Gasteiger partial charge in [-0.1, -0.05) is 42.5 Å². The van der Waals surface area contributed by atoms with E-state index in [9.17, 15) is 14.7 Å². The molecule has 0 radical (unpaired) electrons. The maximum absolute atomic E-state index is 11.4. The van der Waals surface area contributed by atoms with Crippen molar-refractivity contribution in [2.75, 3.05) is 6.61 Å². The Balaban J connectivity index is 2.44. The van der Waals surface area contributed by atoms with Crippen LogP contribution >= 0.6 is 0 Å². The smallest absolute Gasteiger partial charge is 0.330 e. The minimum atomic E-state index is -1.24. The molecule has 2 rings (SSSR count). The van der Waals surface area contributed by atoms with Gasteiger partial charge in [0, 0.05) is 6.08 Å². The first-order valence-corrected chi connectivity index (χ1v) is 6.87. The summed E-state index contributed by atoms with van der Waals surface area (Å²) in [6.45, 7) is 2.08. The van der Waals surface area contributed by atoms with E-state index < -0.39 is 11.9 Å². The molecule has 0 atom stereocenters. The van der Waals surface area contributed by atoms with Crippen LogP contribution in [-0.2, 0) is 14.3 Å². The third-order valence-electron chi connectivity index (χ3n) is 3.08. The van der Waals surface area contributed by atoms with Crippen molar-refractivity contribution in [3.05, 3.63) is 59.7 Å². The first kappa shape index (κ1) is 15.5. The lowest BCUT2D eigenvalue weighted by atomic mass is 9.99. The predicted molar refractivity (Wildman–Crippen MR) is 83.7 cm³/mol. The zero-order chi connectivity index (χ0) is 15.9. The van der Waals surface area contributed by atoms with Crippen LogP contribution in [0.3, 0.4) is 0 Å². The monoisotopic (exact) mass is 295 g/mol. The van der Waals surface area contributed by atoms with Crippen molar-refractivity contribution >= 4 is 34.9 Å². The lowest BCUT2D eigenvalue weighted by Crippen LogP contribution is -2.18. The fraction of sp³-hybridized carbons (Fsp3) is 0.111. The summed E-state index contributed by atoms with van der Waals surface area (Å²) in [7, 11) is 0. The van der Waals surface area contributed by atoms with Gasteiger partial charge in [-0.3, -0.25) is 0 Å². The van der Waals surface area contributed by atoms with E-state index in [0.29, 0.717) is 6.61 Å². The van der Waals surface area contributed by atoms with E-state index in [1.54, 1.807) is 19.1 Å². The second-order valence-electron chi connectivity index (χ2n) is 4.53. The standard InChI is InChI=1S/C18H16O4/c1-2-22-18(21)12-10-14-8-7-13(9-11-17(19)20)15-5-3-4-6-16(14)15/h3-12H,2H2,1H3,(H,19,20)/p-1. The summed E-state index contributed by atoms with van der Waals surface area (Å²) in [4.78, 5) is 22.0. The van der Waals surface area contributed by atoms with Crippen LogP contribution in [0, 0.1) is 0 Å². The van der Waals surface area contributed by atoms with E-state index >= 15 is 0 Å². The number of hydrogen-bond donors (Lipinski definition) is 0. The zero-order valence-corrected chi connectivity index (χ0v) is 12.1. The lowest BCUT2D eigenvalue weighted by Gasteiger charge is -2.06.